The molecule has 1 amide bonds. The molecule has 6 aromatic carbocycles. The molecule has 7 rings (SSSR count). The number of hydrazine groups is 1. The largest absolute Gasteiger partial charge is 0.290 e. The van der Waals surface area contributed by atoms with E-state index in [9.17, 15) is 4.79 Å². The molecule has 0 fully saturated rings. The molecule has 0 bridgehead atoms. The number of para-hydroxylation sites is 2. The number of rotatable bonds is 7. The monoisotopic (exact) mass is 706 g/mol. The van der Waals surface area contributed by atoms with Crippen LogP contribution in [0.1, 0.15) is 56.7 Å². The van der Waals surface area contributed by atoms with E-state index in [2.05, 4.69) is 114 Å². The molecule has 0 atom stereocenters. The van der Waals surface area contributed by atoms with E-state index in [1.54, 1.807) is 6.07 Å². The number of aliphatic imine (C=N–C) groups is 1. The summed E-state index contributed by atoms with van der Waals surface area (Å²) in [4.78, 5) is 15.8. The van der Waals surface area contributed by atoms with Crippen LogP contribution in [0.5, 0.6) is 0 Å². The number of amides is 1. The summed E-state index contributed by atoms with van der Waals surface area (Å²) < 4.78 is 2.16. The second-order valence-electron chi connectivity index (χ2n) is 12.7. The Bertz CT molecular complexity index is 2230. The predicted molar refractivity (Wildman–Crippen MR) is 220 cm³/mol. The Morgan fingerprint density at radius 2 is 1.27 bits per heavy atom. The van der Waals surface area contributed by atoms with E-state index < -0.39 is 0 Å². The van der Waals surface area contributed by atoms with Crippen LogP contribution in [0.3, 0.4) is 0 Å². The summed E-state index contributed by atoms with van der Waals surface area (Å²) in [5.41, 5.74) is 5.91. The van der Waals surface area contributed by atoms with Gasteiger partial charge in [0.25, 0.3) is 5.91 Å². The van der Waals surface area contributed by atoms with Crippen LogP contribution in [0.15, 0.2) is 151 Å². The minimum absolute atomic E-state index is 0.268. The summed E-state index contributed by atoms with van der Waals surface area (Å²) in [5.74, 6) is 8.54. The van der Waals surface area contributed by atoms with Gasteiger partial charge in [-0.2, -0.15) is 0 Å². The lowest BCUT2D eigenvalue weighted by molar-refractivity contribution is 0.0953. The predicted octanol–water partition coefficient (Wildman–Crippen LogP) is 10.8. The van der Waals surface area contributed by atoms with Gasteiger partial charge in [-0.05, 0) is 69.8 Å². The van der Waals surface area contributed by atoms with Gasteiger partial charge in [0.05, 0.1) is 10.7 Å². The van der Waals surface area contributed by atoms with Crippen molar-refractivity contribution in [1.82, 2.24) is 20.2 Å². The first-order chi connectivity index (χ1) is 25.3. The van der Waals surface area contributed by atoms with Crippen LogP contribution in [-0.2, 0) is 0 Å². The molecule has 0 saturated heterocycles. The van der Waals surface area contributed by atoms with E-state index in [0.717, 1.165) is 45.1 Å². The van der Waals surface area contributed by atoms with Crippen LogP contribution < -0.4 is 11.3 Å². The molecule has 8 heteroatoms. The van der Waals surface area contributed by atoms with Crippen molar-refractivity contribution in [3.8, 4) is 17.1 Å². The minimum Gasteiger partial charge on any atom is -0.290 e. The standard InChI is InChI=1S/C21H19N3.C12H17NS.C11H10N2O/c1-15(2)20-22-23-21(24(20)19-10-4-3-5-11-19)18-13-12-16-8-6-7-9-17(16)14-18;1-4-14-12(10(2)3)13-11-8-6-5-7-9-11;12-13-11(14)10-6-5-8-3-1-2-4-9(8)7-10/h3-15H,1-2H3;5-10H,4H2,1-3H3;1-7H,12H2,(H,13,14). The lowest BCUT2D eigenvalue weighted by Gasteiger charge is -2.12. The van der Waals surface area contributed by atoms with Crippen molar-refractivity contribution in [3.63, 3.8) is 0 Å². The van der Waals surface area contributed by atoms with Gasteiger partial charge in [-0.3, -0.25) is 14.8 Å². The molecule has 0 radical (unpaired) electrons. The van der Waals surface area contributed by atoms with Crippen molar-refractivity contribution in [2.24, 2.45) is 16.8 Å². The number of carbonyl (C=O) groups is 1. The molecule has 1 heterocycles. The fourth-order valence-electron chi connectivity index (χ4n) is 5.54. The third kappa shape index (κ3) is 9.81. The molecule has 0 spiro atoms. The maximum Gasteiger partial charge on any atom is 0.265 e. The number of nitrogens with two attached hydrogens (primary N) is 1. The molecule has 0 aliphatic heterocycles. The fraction of sp³-hybridized carbons (Fsp3) is 0.182. The highest BCUT2D eigenvalue weighted by atomic mass is 32.2. The van der Waals surface area contributed by atoms with E-state index in [4.69, 9.17) is 5.84 Å². The molecule has 0 unspecified atom stereocenters. The average Bonchev–Trinajstić information content (AvgIpc) is 3.64. The number of nitrogens with zero attached hydrogens (tertiary/aromatic N) is 4. The SMILES string of the molecule is CC(C)c1nnc(-c2ccc3ccccc3c2)n1-c1ccccc1.CCSC(=Nc1ccccc1)C(C)C.NNC(=O)c1ccc2ccccc2c1. The van der Waals surface area contributed by atoms with E-state index in [0.29, 0.717) is 17.4 Å². The summed E-state index contributed by atoms with van der Waals surface area (Å²) in [6.07, 6.45) is 0. The van der Waals surface area contributed by atoms with Gasteiger partial charge in [0.1, 0.15) is 5.82 Å². The molecular weight excluding hydrogens is 661 g/mol. The topological polar surface area (TPSA) is 98.2 Å². The lowest BCUT2D eigenvalue weighted by Crippen LogP contribution is -2.29. The van der Waals surface area contributed by atoms with Gasteiger partial charge in [-0.25, -0.2) is 10.8 Å². The average molecular weight is 707 g/mol. The van der Waals surface area contributed by atoms with Crippen LogP contribution in [0.2, 0.25) is 0 Å². The maximum absolute atomic E-state index is 11.2. The van der Waals surface area contributed by atoms with E-state index in [1.807, 2.05) is 96.7 Å². The van der Waals surface area contributed by atoms with Crippen molar-refractivity contribution in [2.45, 2.75) is 40.5 Å². The first kappa shape index (κ1) is 37.7. The zero-order valence-electron chi connectivity index (χ0n) is 30.4. The molecular formula is C44H46N6OS. The molecule has 7 nitrogen and oxygen atoms in total. The van der Waals surface area contributed by atoms with Crippen LogP contribution in [0, 0.1) is 5.92 Å². The number of thioether (sulfide) groups is 1. The number of aromatic nitrogens is 3. The van der Waals surface area contributed by atoms with Gasteiger partial charge < -0.3 is 0 Å². The van der Waals surface area contributed by atoms with Crippen molar-refractivity contribution in [2.75, 3.05) is 5.75 Å². The van der Waals surface area contributed by atoms with Crippen molar-refractivity contribution in [1.29, 1.82) is 0 Å². The van der Waals surface area contributed by atoms with Crippen LogP contribution in [0.25, 0.3) is 38.6 Å². The highest BCUT2D eigenvalue weighted by Crippen LogP contribution is 2.28. The quantitative estimate of drug-likeness (QED) is 0.0565. The number of benzene rings is 6. The van der Waals surface area contributed by atoms with Crippen LogP contribution >= 0.6 is 11.8 Å². The van der Waals surface area contributed by atoms with Gasteiger partial charge in [0, 0.05) is 28.7 Å². The number of hydrogen-bond acceptors (Lipinski definition) is 6. The third-order valence-electron chi connectivity index (χ3n) is 8.15. The minimum atomic E-state index is -0.268. The summed E-state index contributed by atoms with van der Waals surface area (Å²) >= 11 is 1.83. The molecule has 0 saturated carbocycles. The second-order valence-corrected chi connectivity index (χ2v) is 14.0. The molecule has 1 aromatic heterocycles. The van der Waals surface area contributed by atoms with Crippen molar-refractivity contribution in [3.05, 3.63) is 157 Å². The Kier molecular flexibility index (Phi) is 13.5. The lowest BCUT2D eigenvalue weighted by atomic mass is 10.1. The van der Waals surface area contributed by atoms with Gasteiger partial charge in [-0.15, -0.1) is 22.0 Å². The second kappa shape index (κ2) is 18.6. The summed E-state index contributed by atoms with van der Waals surface area (Å²) in [6, 6.07) is 48.6. The van der Waals surface area contributed by atoms with E-state index in [-0.39, 0.29) is 5.91 Å². The number of fused-ring (bicyclic) bond motifs is 2. The third-order valence-corrected chi connectivity index (χ3v) is 9.30. The molecule has 0 aliphatic rings. The summed E-state index contributed by atoms with van der Waals surface area (Å²) in [5, 5.41) is 14.8. The fourth-order valence-corrected chi connectivity index (χ4v) is 6.34. The van der Waals surface area contributed by atoms with Crippen molar-refractivity contribution < 1.29 is 4.79 Å². The van der Waals surface area contributed by atoms with Gasteiger partial charge in [0.2, 0.25) is 0 Å². The molecule has 264 valence electrons. The molecule has 7 aromatic rings. The highest BCUT2D eigenvalue weighted by molar-refractivity contribution is 8.13. The normalized spacial score (nSPS) is 11.2. The number of nitrogens with one attached hydrogen (secondary N) is 1. The first-order valence-corrected chi connectivity index (χ1v) is 18.5. The van der Waals surface area contributed by atoms with Crippen LogP contribution in [0.4, 0.5) is 5.69 Å². The maximum atomic E-state index is 11.2. The first-order valence-electron chi connectivity index (χ1n) is 17.5. The van der Waals surface area contributed by atoms with E-state index in [1.165, 1.54) is 15.8 Å². The molecule has 0 aliphatic carbocycles. The molecule has 52 heavy (non-hydrogen) atoms. The zero-order valence-corrected chi connectivity index (χ0v) is 31.2. The molecule has 3 N–H and O–H groups in total. The van der Waals surface area contributed by atoms with Crippen molar-refractivity contribution >= 4 is 49.9 Å². The zero-order chi connectivity index (χ0) is 36.9. The Morgan fingerprint density at radius 1 is 0.712 bits per heavy atom. The Morgan fingerprint density at radius 3 is 1.85 bits per heavy atom. The number of nitrogen functional groups attached to an aromatic ring is 1. The van der Waals surface area contributed by atoms with Gasteiger partial charge >= 0.3 is 0 Å². The summed E-state index contributed by atoms with van der Waals surface area (Å²) in [6.45, 7) is 10.8. The summed E-state index contributed by atoms with van der Waals surface area (Å²) in [7, 11) is 0. The van der Waals surface area contributed by atoms with Gasteiger partial charge in [-0.1, -0.05) is 138 Å². The number of carbonyl (C=O) groups excluding carboxylic acids is 1. The Hall–Kier alpha value is -5.57. The highest BCUT2D eigenvalue weighted by Gasteiger charge is 2.18. The Labute approximate surface area is 311 Å². The smallest absolute Gasteiger partial charge is 0.265 e. The Balaban J connectivity index is 0.000000161. The van der Waals surface area contributed by atoms with Gasteiger partial charge in [0.15, 0.2) is 5.82 Å². The van der Waals surface area contributed by atoms with E-state index >= 15 is 0 Å². The number of hydrogen-bond donors (Lipinski definition) is 2. The van der Waals surface area contributed by atoms with Crippen LogP contribution in [-0.4, -0.2) is 31.5 Å².